The Labute approximate surface area is 276 Å². The van der Waals surface area contributed by atoms with Gasteiger partial charge in [-0.05, 0) is 68.8 Å². The zero-order valence-corrected chi connectivity index (χ0v) is 26.5. The number of rotatable bonds is 2. The molecule has 0 aliphatic carbocycles. The fourth-order valence-electron chi connectivity index (χ4n) is 7.89. The Morgan fingerprint density at radius 1 is 0.391 bits per heavy atom. The molecule has 10 rings (SSSR count). The monoisotopic (exact) mass is 621 g/mol. The van der Waals surface area contributed by atoms with E-state index in [-0.39, 0.29) is 0 Å². The van der Waals surface area contributed by atoms with Gasteiger partial charge >= 0.3 is 0 Å². The van der Waals surface area contributed by atoms with E-state index in [4.69, 9.17) is 0 Å². The third-order valence-corrected chi connectivity index (χ3v) is 12.2. The van der Waals surface area contributed by atoms with Crippen LogP contribution in [0, 0.1) is 0 Å². The molecule has 216 valence electrons. The largest absolute Gasteiger partial charge is 0.354 e. The summed E-state index contributed by atoms with van der Waals surface area (Å²) in [7, 11) is 0. The molecule has 8 aromatic rings. The number of para-hydroxylation sites is 1. The number of aromatic nitrogens is 1. The van der Waals surface area contributed by atoms with Crippen LogP contribution < -0.4 is 0 Å². The fraction of sp³-hybridized carbons (Fsp3) is 0.0233. The molecule has 2 aliphatic heterocycles. The smallest absolute Gasteiger partial charge is 0.0745 e. The molecule has 1 nitrogen and oxygen atoms in total. The van der Waals surface area contributed by atoms with Crippen molar-refractivity contribution in [2.75, 3.05) is 0 Å². The van der Waals surface area contributed by atoms with Gasteiger partial charge in [0, 0.05) is 41.4 Å². The van der Waals surface area contributed by atoms with Crippen molar-refractivity contribution in [2.24, 2.45) is 0 Å². The molecule has 3 heteroatoms. The van der Waals surface area contributed by atoms with E-state index in [1.54, 1.807) is 0 Å². The van der Waals surface area contributed by atoms with Crippen molar-refractivity contribution < 1.29 is 0 Å². The predicted molar refractivity (Wildman–Crippen MR) is 193 cm³/mol. The van der Waals surface area contributed by atoms with Gasteiger partial charge in [-0.2, -0.15) is 0 Å². The number of fused-ring (bicyclic) bond motifs is 11. The highest BCUT2D eigenvalue weighted by Gasteiger charge is 2.49. The van der Waals surface area contributed by atoms with Crippen LogP contribution in [0.2, 0.25) is 0 Å². The number of hydrogen-bond donors (Lipinski definition) is 1. The minimum atomic E-state index is -0.469. The molecular formula is C43H27NS2. The van der Waals surface area contributed by atoms with E-state index in [9.17, 15) is 0 Å². The molecule has 0 bridgehead atoms. The van der Waals surface area contributed by atoms with Crippen molar-refractivity contribution in [2.45, 2.75) is 25.0 Å². The molecule has 46 heavy (non-hydrogen) atoms. The van der Waals surface area contributed by atoms with Gasteiger partial charge in [0.1, 0.15) is 0 Å². The summed E-state index contributed by atoms with van der Waals surface area (Å²) >= 11 is 3.84. The summed E-state index contributed by atoms with van der Waals surface area (Å²) in [5.41, 5.74) is 12.4. The molecule has 1 spiro atoms. The summed E-state index contributed by atoms with van der Waals surface area (Å²) in [5.74, 6) is 0. The molecule has 1 aromatic heterocycles. The summed E-state index contributed by atoms with van der Waals surface area (Å²) in [6, 6.07) is 58.4. The number of H-pyrrole nitrogens is 1. The van der Waals surface area contributed by atoms with E-state index in [1.807, 2.05) is 23.5 Å². The molecule has 0 saturated carbocycles. The first-order valence-corrected chi connectivity index (χ1v) is 17.3. The van der Waals surface area contributed by atoms with Crippen LogP contribution in [0.5, 0.6) is 0 Å². The van der Waals surface area contributed by atoms with Gasteiger partial charge in [0.15, 0.2) is 0 Å². The summed E-state index contributed by atoms with van der Waals surface area (Å²) in [5, 5.41) is 2.55. The number of aromatic amines is 1. The normalized spacial score (nSPS) is 16.2. The maximum absolute atomic E-state index is 3.68. The highest BCUT2D eigenvalue weighted by atomic mass is 32.2. The van der Waals surface area contributed by atoms with Crippen LogP contribution >= 0.6 is 23.5 Å². The van der Waals surface area contributed by atoms with Gasteiger partial charge in [-0.3, -0.25) is 0 Å². The Morgan fingerprint density at radius 2 is 0.913 bits per heavy atom. The maximum atomic E-state index is 3.68. The van der Waals surface area contributed by atoms with Crippen LogP contribution in [-0.4, -0.2) is 4.98 Å². The first-order valence-electron chi connectivity index (χ1n) is 15.7. The minimum absolute atomic E-state index is 0.469. The van der Waals surface area contributed by atoms with Gasteiger partial charge < -0.3 is 4.98 Å². The van der Waals surface area contributed by atoms with Crippen molar-refractivity contribution >= 4 is 45.3 Å². The highest BCUT2D eigenvalue weighted by molar-refractivity contribution is 8.00. The average Bonchev–Trinajstić information content (AvgIpc) is 3.51. The van der Waals surface area contributed by atoms with E-state index in [0.29, 0.717) is 0 Å². The number of hydrogen-bond acceptors (Lipinski definition) is 2. The second kappa shape index (κ2) is 10.0. The summed E-state index contributed by atoms with van der Waals surface area (Å²) in [6.07, 6.45) is 0. The van der Waals surface area contributed by atoms with Crippen LogP contribution in [-0.2, 0) is 5.41 Å². The van der Waals surface area contributed by atoms with Gasteiger partial charge in [0.05, 0.1) is 5.41 Å². The molecule has 0 radical (unpaired) electrons. The second-order valence-electron chi connectivity index (χ2n) is 12.1. The van der Waals surface area contributed by atoms with E-state index >= 15 is 0 Å². The molecule has 1 atom stereocenters. The number of nitrogens with one attached hydrogen (secondary N) is 1. The summed E-state index contributed by atoms with van der Waals surface area (Å²) in [6.45, 7) is 0. The molecule has 0 saturated heterocycles. The standard InChI is InChI=1S/C43H27NS2/c1-2-13-27(14-3-1)28-16-10-21-34-41(28)45-38-25-8-5-19-32(38)43(34)33-20-6-9-26-39(33)46-42-30(18-11-22-35(42)43)29-17-12-24-37-40(29)31-15-4-7-23-36(31)44-37/h1-26,44H. The van der Waals surface area contributed by atoms with Crippen molar-refractivity contribution in [3.8, 4) is 22.3 Å². The quantitative estimate of drug-likeness (QED) is 0.207. The van der Waals surface area contributed by atoms with Gasteiger partial charge in [-0.1, -0.05) is 157 Å². The first-order chi connectivity index (χ1) is 22.8. The Morgan fingerprint density at radius 3 is 1.65 bits per heavy atom. The molecular weight excluding hydrogens is 595 g/mol. The van der Waals surface area contributed by atoms with Crippen LogP contribution in [0.25, 0.3) is 44.1 Å². The minimum Gasteiger partial charge on any atom is -0.354 e. The van der Waals surface area contributed by atoms with E-state index < -0.39 is 5.41 Å². The summed E-state index contributed by atoms with van der Waals surface area (Å²) in [4.78, 5) is 8.97. The molecule has 3 heterocycles. The summed E-state index contributed by atoms with van der Waals surface area (Å²) < 4.78 is 0. The topological polar surface area (TPSA) is 15.8 Å². The Kier molecular flexibility index (Phi) is 5.72. The zero-order chi connectivity index (χ0) is 30.2. The third-order valence-electron chi connectivity index (χ3n) is 9.75. The lowest BCUT2D eigenvalue weighted by atomic mass is 9.64. The number of benzene rings is 7. The van der Waals surface area contributed by atoms with E-state index in [1.165, 1.54) is 85.9 Å². The lowest BCUT2D eigenvalue weighted by molar-refractivity contribution is 0.668. The van der Waals surface area contributed by atoms with E-state index in [2.05, 4.69) is 163 Å². The van der Waals surface area contributed by atoms with Crippen molar-refractivity contribution in [3.05, 3.63) is 180 Å². The Bertz CT molecular complexity index is 2480. The Balaban J connectivity index is 1.34. The maximum Gasteiger partial charge on any atom is 0.0745 e. The average molecular weight is 622 g/mol. The lowest BCUT2D eigenvalue weighted by Gasteiger charge is -2.46. The van der Waals surface area contributed by atoms with Crippen molar-refractivity contribution in [1.29, 1.82) is 0 Å². The predicted octanol–water partition coefficient (Wildman–Crippen LogP) is 12.0. The lowest BCUT2D eigenvalue weighted by Crippen LogP contribution is -2.37. The first kappa shape index (κ1) is 26.3. The van der Waals surface area contributed by atoms with Crippen molar-refractivity contribution in [1.82, 2.24) is 4.98 Å². The molecule has 2 aliphatic rings. The molecule has 1 N–H and O–H groups in total. The molecule has 0 fully saturated rings. The fourth-order valence-corrected chi connectivity index (χ4v) is 10.5. The molecule has 1 unspecified atom stereocenters. The van der Waals surface area contributed by atoms with Crippen LogP contribution in [0.4, 0.5) is 0 Å². The van der Waals surface area contributed by atoms with Gasteiger partial charge in [-0.15, -0.1) is 0 Å². The van der Waals surface area contributed by atoms with Crippen molar-refractivity contribution in [3.63, 3.8) is 0 Å². The van der Waals surface area contributed by atoms with Crippen LogP contribution in [0.15, 0.2) is 177 Å². The van der Waals surface area contributed by atoms with Crippen LogP contribution in [0.3, 0.4) is 0 Å². The Hall–Kier alpha value is -4.96. The molecule has 7 aromatic carbocycles. The van der Waals surface area contributed by atoms with Gasteiger partial charge in [0.25, 0.3) is 0 Å². The van der Waals surface area contributed by atoms with Gasteiger partial charge in [0.2, 0.25) is 0 Å². The third kappa shape index (κ3) is 3.56. The van der Waals surface area contributed by atoms with E-state index in [0.717, 1.165) is 0 Å². The van der Waals surface area contributed by atoms with Crippen LogP contribution in [0.1, 0.15) is 22.3 Å². The molecule has 0 amide bonds. The second-order valence-corrected chi connectivity index (χ2v) is 14.2. The zero-order valence-electron chi connectivity index (χ0n) is 24.8. The highest BCUT2D eigenvalue weighted by Crippen LogP contribution is 2.63. The van der Waals surface area contributed by atoms with Gasteiger partial charge in [-0.25, -0.2) is 0 Å². The SMILES string of the molecule is c1ccc(-c2cccc3c2Sc2ccccc2C32c3ccccc3Sc3c(-c4cccc5[nH]c6ccccc6c45)cccc32)cc1.